The average molecular weight is 202 g/mol. The Balaban J connectivity index is 3.52. The number of nitrogens with one attached hydrogen (secondary N) is 1. The zero-order chi connectivity index (χ0) is 10.8. The Morgan fingerprint density at radius 3 is 2.43 bits per heavy atom. The molecule has 86 valence electrons. The van der Waals surface area contributed by atoms with Crippen LogP contribution in [0.2, 0.25) is 0 Å². The van der Waals surface area contributed by atoms with Crippen LogP contribution in [0.15, 0.2) is 0 Å². The first-order valence-corrected chi connectivity index (χ1v) is 5.78. The van der Waals surface area contributed by atoms with Gasteiger partial charge in [-0.1, -0.05) is 6.92 Å². The Labute approximate surface area is 88.5 Å². The fourth-order valence-corrected chi connectivity index (χ4v) is 1.43. The van der Waals surface area contributed by atoms with Gasteiger partial charge in [0.15, 0.2) is 0 Å². The van der Waals surface area contributed by atoms with Crippen molar-refractivity contribution in [2.45, 2.75) is 39.7 Å². The minimum Gasteiger partial charge on any atom is -0.396 e. The predicted molar refractivity (Wildman–Crippen MR) is 61.6 cm³/mol. The second-order valence-electron chi connectivity index (χ2n) is 3.96. The Kier molecular flexibility index (Phi) is 9.35. The maximum atomic E-state index is 8.76. The van der Waals surface area contributed by atoms with Crippen molar-refractivity contribution in [2.24, 2.45) is 0 Å². The van der Waals surface area contributed by atoms with E-state index >= 15 is 0 Å². The molecule has 2 N–H and O–H groups in total. The number of hydrogen-bond donors (Lipinski definition) is 2. The molecule has 0 saturated heterocycles. The second-order valence-corrected chi connectivity index (χ2v) is 3.96. The number of aliphatic hydroxyl groups is 1. The zero-order valence-electron chi connectivity index (χ0n) is 9.92. The lowest BCUT2D eigenvalue weighted by atomic mass is 10.3. The topological polar surface area (TPSA) is 35.5 Å². The summed E-state index contributed by atoms with van der Waals surface area (Å²) in [5, 5.41) is 12.2. The van der Waals surface area contributed by atoms with E-state index in [1.54, 1.807) is 0 Å². The molecule has 0 aliphatic carbocycles. The van der Waals surface area contributed by atoms with Gasteiger partial charge in [-0.15, -0.1) is 0 Å². The Morgan fingerprint density at radius 2 is 1.93 bits per heavy atom. The fourth-order valence-electron chi connectivity index (χ4n) is 1.43. The number of hydrogen-bond acceptors (Lipinski definition) is 3. The molecule has 0 saturated carbocycles. The highest BCUT2D eigenvalue weighted by atomic mass is 16.3. The highest BCUT2D eigenvalue weighted by Gasteiger charge is 2.07. The smallest absolute Gasteiger partial charge is 0.0443 e. The second kappa shape index (κ2) is 9.44. The van der Waals surface area contributed by atoms with Gasteiger partial charge in [-0.2, -0.15) is 0 Å². The summed E-state index contributed by atoms with van der Waals surface area (Å²) in [6, 6.07) is 0.574. The summed E-state index contributed by atoms with van der Waals surface area (Å²) in [7, 11) is 0. The normalized spacial score (nSPS) is 11.6. The molecule has 0 bridgehead atoms. The van der Waals surface area contributed by atoms with Crippen LogP contribution in [-0.4, -0.2) is 48.8 Å². The molecule has 0 spiro atoms. The Bertz CT molecular complexity index is 118. The van der Waals surface area contributed by atoms with Crippen molar-refractivity contribution < 1.29 is 5.11 Å². The number of nitrogens with zero attached hydrogens (tertiary/aromatic N) is 1. The van der Waals surface area contributed by atoms with Crippen LogP contribution in [0.4, 0.5) is 0 Å². The van der Waals surface area contributed by atoms with Crippen molar-refractivity contribution in [1.29, 1.82) is 0 Å². The standard InChI is InChI=1S/C11H26N2O/c1-4-6-12-7-9-13(11(2)3)8-5-10-14/h11-12,14H,4-10H2,1-3H3. The summed E-state index contributed by atoms with van der Waals surface area (Å²) >= 11 is 0. The highest BCUT2D eigenvalue weighted by molar-refractivity contribution is 4.64. The lowest BCUT2D eigenvalue weighted by molar-refractivity contribution is 0.192. The van der Waals surface area contributed by atoms with E-state index in [9.17, 15) is 0 Å². The first-order valence-electron chi connectivity index (χ1n) is 5.78. The lowest BCUT2D eigenvalue weighted by Gasteiger charge is -2.26. The van der Waals surface area contributed by atoms with Crippen LogP contribution < -0.4 is 5.32 Å². The van der Waals surface area contributed by atoms with Crippen molar-refractivity contribution in [3.63, 3.8) is 0 Å². The van der Waals surface area contributed by atoms with Crippen LogP contribution in [0.3, 0.4) is 0 Å². The van der Waals surface area contributed by atoms with Gasteiger partial charge < -0.3 is 10.4 Å². The molecule has 3 heteroatoms. The molecular weight excluding hydrogens is 176 g/mol. The van der Waals surface area contributed by atoms with Crippen molar-refractivity contribution in [1.82, 2.24) is 10.2 Å². The van der Waals surface area contributed by atoms with Gasteiger partial charge in [0.1, 0.15) is 0 Å². The summed E-state index contributed by atoms with van der Waals surface area (Å²) in [5.74, 6) is 0. The summed E-state index contributed by atoms with van der Waals surface area (Å²) in [4.78, 5) is 2.40. The van der Waals surface area contributed by atoms with Crippen molar-refractivity contribution in [3.8, 4) is 0 Å². The molecule has 0 amide bonds. The maximum Gasteiger partial charge on any atom is 0.0443 e. The van der Waals surface area contributed by atoms with Crippen molar-refractivity contribution in [2.75, 3.05) is 32.8 Å². The highest BCUT2D eigenvalue weighted by Crippen LogP contribution is 1.98. The average Bonchev–Trinajstić information content (AvgIpc) is 2.16. The van der Waals surface area contributed by atoms with E-state index in [0.717, 1.165) is 32.6 Å². The fraction of sp³-hybridized carbons (Fsp3) is 1.00. The quantitative estimate of drug-likeness (QED) is 0.549. The third-order valence-electron chi connectivity index (χ3n) is 2.34. The van der Waals surface area contributed by atoms with Crippen molar-refractivity contribution >= 4 is 0 Å². The molecule has 0 atom stereocenters. The first kappa shape index (κ1) is 13.9. The van der Waals surface area contributed by atoms with Crippen LogP contribution in [-0.2, 0) is 0 Å². The van der Waals surface area contributed by atoms with Gasteiger partial charge in [0.25, 0.3) is 0 Å². The van der Waals surface area contributed by atoms with E-state index in [2.05, 4.69) is 31.0 Å². The summed E-state index contributed by atoms with van der Waals surface area (Å²) in [6.45, 7) is 11.1. The molecule has 0 radical (unpaired) electrons. The van der Waals surface area contributed by atoms with E-state index < -0.39 is 0 Å². The van der Waals surface area contributed by atoms with Gasteiger partial charge in [-0.3, -0.25) is 4.90 Å². The van der Waals surface area contributed by atoms with Crippen LogP contribution in [0.25, 0.3) is 0 Å². The first-order chi connectivity index (χ1) is 6.72. The summed E-state index contributed by atoms with van der Waals surface area (Å²) in [5.41, 5.74) is 0. The monoisotopic (exact) mass is 202 g/mol. The number of aliphatic hydroxyl groups excluding tert-OH is 1. The molecule has 3 nitrogen and oxygen atoms in total. The lowest BCUT2D eigenvalue weighted by Crippen LogP contribution is -2.38. The molecule has 0 aliphatic rings. The van der Waals surface area contributed by atoms with Gasteiger partial charge in [0.2, 0.25) is 0 Å². The zero-order valence-corrected chi connectivity index (χ0v) is 9.92. The van der Waals surface area contributed by atoms with E-state index in [1.165, 1.54) is 6.42 Å². The molecule has 0 aromatic rings. The molecule has 14 heavy (non-hydrogen) atoms. The Morgan fingerprint density at radius 1 is 1.21 bits per heavy atom. The van der Waals surface area contributed by atoms with Crippen LogP contribution in [0, 0.1) is 0 Å². The van der Waals surface area contributed by atoms with Crippen molar-refractivity contribution in [3.05, 3.63) is 0 Å². The van der Waals surface area contributed by atoms with Gasteiger partial charge in [0.05, 0.1) is 0 Å². The van der Waals surface area contributed by atoms with Crippen LogP contribution in [0.5, 0.6) is 0 Å². The predicted octanol–water partition coefficient (Wildman–Crippen LogP) is 1.08. The summed E-state index contributed by atoms with van der Waals surface area (Å²) in [6.07, 6.45) is 2.07. The minimum absolute atomic E-state index is 0.297. The molecule has 0 fully saturated rings. The molecule has 0 rings (SSSR count). The van der Waals surface area contributed by atoms with Gasteiger partial charge >= 0.3 is 0 Å². The largest absolute Gasteiger partial charge is 0.396 e. The molecule has 0 heterocycles. The summed E-state index contributed by atoms with van der Waals surface area (Å²) < 4.78 is 0. The Hall–Kier alpha value is -0.120. The van der Waals surface area contributed by atoms with E-state index in [1.807, 2.05) is 0 Å². The molecule has 0 aromatic carbocycles. The van der Waals surface area contributed by atoms with Gasteiger partial charge in [-0.05, 0) is 33.2 Å². The van der Waals surface area contributed by atoms with E-state index in [-0.39, 0.29) is 0 Å². The minimum atomic E-state index is 0.297. The molecule has 0 aliphatic heterocycles. The van der Waals surface area contributed by atoms with E-state index in [0.29, 0.717) is 12.6 Å². The molecular formula is C11H26N2O. The van der Waals surface area contributed by atoms with Gasteiger partial charge in [-0.25, -0.2) is 0 Å². The SMILES string of the molecule is CCCNCCN(CCCO)C(C)C. The number of rotatable bonds is 9. The van der Waals surface area contributed by atoms with Crippen LogP contribution >= 0.6 is 0 Å². The van der Waals surface area contributed by atoms with Crippen LogP contribution in [0.1, 0.15) is 33.6 Å². The third-order valence-corrected chi connectivity index (χ3v) is 2.34. The van der Waals surface area contributed by atoms with Gasteiger partial charge in [0, 0.05) is 32.3 Å². The third kappa shape index (κ3) is 7.30. The maximum absolute atomic E-state index is 8.76. The molecule has 0 aromatic heterocycles. The molecule has 0 unspecified atom stereocenters. The van der Waals surface area contributed by atoms with E-state index in [4.69, 9.17) is 5.11 Å².